The van der Waals surface area contributed by atoms with Gasteiger partial charge in [-0.25, -0.2) is 0 Å². The molecule has 2 aliphatic rings. The molecule has 1 nitrogen and oxygen atoms in total. The minimum Gasteiger partial charge on any atom is -0.316 e. The van der Waals surface area contributed by atoms with Crippen molar-refractivity contribution in [2.24, 2.45) is 11.3 Å². The van der Waals surface area contributed by atoms with Gasteiger partial charge < -0.3 is 5.32 Å². The second kappa shape index (κ2) is 2.23. The van der Waals surface area contributed by atoms with Crippen molar-refractivity contribution < 1.29 is 0 Å². The van der Waals surface area contributed by atoms with Gasteiger partial charge in [-0.3, -0.25) is 0 Å². The van der Waals surface area contributed by atoms with Gasteiger partial charge in [0.15, 0.2) is 0 Å². The van der Waals surface area contributed by atoms with Crippen LogP contribution in [-0.2, 0) is 0 Å². The molecule has 10 heavy (non-hydrogen) atoms. The summed E-state index contributed by atoms with van der Waals surface area (Å²) in [6, 6.07) is 0. The third-order valence-corrected chi connectivity index (χ3v) is 3.06. The smallest absolute Gasteiger partial charge is 0.00104 e. The summed E-state index contributed by atoms with van der Waals surface area (Å²) in [5.41, 5.74) is 0.802. The van der Waals surface area contributed by atoms with Crippen molar-refractivity contribution in [1.29, 1.82) is 0 Å². The minimum atomic E-state index is 0.802. The Kier molecular flexibility index (Phi) is 1.48. The van der Waals surface area contributed by atoms with E-state index in [9.17, 15) is 0 Å². The number of rotatable bonds is 4. The average Bonchev–Trinajstić information content (AvgIpc) is 2.76. The molecule has 0 aromatic carbocycles. The summed E-state index contributed by atoms with van der Waals surface area (Å²) < 4.78 is 0. The molecule has 2 aliphatic carbocycles. The van der Waals surface area contributed by atoms with Crippen LogP contribution in [-0.4, -0.2) is 13.1 Å². The minimum absolute atomic E-state index is 0.802. The van der Waals surface area contributed by atoms with Gasteiger partial charge in [-0.05, 0) is 43.6 Å². The van der Waals surface area contributed by atoms with Gasteiger partial charge in [0, 0.05) is 6.54 Å². The Morgan fingerprint density at radius 3 is 2.50 bits per heavy atom. The monoisotopic (exact) mass is 139 g/mol. The van der Waals surface area contributed by atoms with E-state index >= 15 is 0 Å². The highest BCUT2D eigenvalue weighted by molar-refractivity contribution is 5.04. The fourth-order valence-corrected chi connectivity index (χ4v) is 1.96. The Bertz CT molecular complexity index is 123. The zero-order valence-electron chi connectivity index (χ0n) is 6.82. The van der Waals surface area contributed by atoms with E-state index in [0.29, 0.717) is 0 Å². The van der Waals surface area contributed by atoms with E-state index in [1.165, 1.54) is 32.2 Å². The maximum absolute atomic E-state index is 3.47. The van der Waals surface area contributed by atoms with Crippen molar-refractivity contribution >= 4 is 0 Å². The van der Waals surface area contributed by atoms with Gasteiger partial charge in [0.2, 0.25) is 0 Å². The average molecular weight is 139 g/mol. The van der Waals surface area contributed by atoms with Crippen LogP contribution in [0.2, 0.25) is 0 Å². The third-order valence-electron chi connectivity index (χ3n) is 3.06. The van der Waals surface area contributed by atoms with Gasteiger partial charge in [-0.2, -0.15) is 0 Å². The molecule has 2 saturated carbocycles. The Morgan fingerprint density at radius 1 is 1.40 bits per heavy atom. The summed E-state index contributed by atoms with van der Waals surface area (Å²) in [6.07, 6.45) is 6.05. The molecule has 0 spiro atoms. The standard InChI is InChI=1S/C9H17N/c1-2-10-7-9(5-6-9)8-3-4-8/h8,10H,2-7H2,1H3. The predicted octanol–water partition coefficient (Wildman–Crippen LogP) is 1.79. The van der Waals surface area contributed by atoms with Crippen LogP contribution in [0.3, 0.4) is 0 Å². The molecular weight excluding hydrogens is 122 g/mol. The predicted molar refractivity (Wildman–Crippen MR) is 42.9 cm³/mol. The molecule has 0 amide bonds. The third kappa shape index (κ3) is 1.07. The first-order chi connectivity index (χ1) is 4.87. The normalized spacial score (nSPS) is 28.5. The van der Waals surface area contributed by atoms with Crippen LogP contribution >= 0.6 is 0 Å². The Hall–Kier alpha value is -0.0400. The van der Waals surface area contributed by atoms with Gasteiger partial charge in [0.1, 0.15) is 0 Å². The quantitative estimate of drug-likeness (QED) is 0.626. The SMILES string of the molecule is CCNCC1(C2CC2)CC1. The second-order valence-corrected chi connectivity index (χ2v) is 3.92. The number of hydrogen-bond donors (Lipinski definition) is 1. The largest absolute Gasteiger partial charge is 0.316 e. The van der Waals surface area contributed by atoms with Crippen molar-refractivity contribution in [3.63, 3.8) is 0 Å². The number of hydrogen-bond acceptors (Lipinski definition) is 1. The zero-order chi connectivity index (χ0) is 7.03. The lowest BCUT2D eigenvalue weighted by molar-refractivity contribution is 0.409. The fourth-order valence-electron chi connectivity index (χ4n) is 1.96. The van der Waals surface area contributed by atoms with E-state index in [1.807, 2.05) is 0 Å². The van der Waals surface area contributed by atoms with Gasteiger partial charge >= 0.3 is 0 Å². The van der Waals surface area contributed by atoms with Crippen LogP contribution in [0.15, 0.2) is 0 Å². The van der Waals surface area contributed by atoms with Gasteiger partial charge in [0.25, 0.3) is 0 Å². The Labute approximate surface area is 63.2 Å². The highest BCUT2D eigenvalue weighted by Gasteiger charge is 2.52. The molecule has 0 unspecified atom stereocenters. The lowest BCUT2D eigenvalue weighted by Gasteiger charge is -2.13. The van der Waals surface area contributed by atoms with Gasteiger partial charge in [0.05, 0.1) is 0 Å². The first-order valence-corrected chi connectivity index (χ1v) is 4.58. The highest BCUT2D eigenvalue weighted by Crippen LogP contribution is 2.60. The fraction of sp³-hybridized carbons (Fsp3) is 1.00. The molecular formula is C9H17N. The van der Waals surface area contributed by atoms with E-state index < -0.39 is 0 Å². The van der Waals surface area contributed by atoms with E-state index in [0.717, 1.165) is 17.9 Å². The van der Waals surface area contributed by atoms with Gasteiger partial charge in [-0.15, -0.1) is 0 Å². The molecule has 0 bridgehead atoms. The van der Waals surface area contributed by atoms with E-state index in [-0.39, 0.29) is 0 Å². The molecule has 1 N–H and O–H groups in total. The molecule has 0 saturated heterocycles. The van der Waals surface area contributed by atoms with E-state index in [2.05, 4.69) is 12.2 Å². The summed E-state index contributed by atoms with van der Waals surface area (Å²) in [5.74, 6) is 1.12. The van der Waals surface area contributed by atoms with Crippen LogP contribution in [0, 0.1) is 11.3 Å². The maximum Gasteiger partial charge on any atom is 0.00104 e. The molecule has 0 heterocycles. The van der Waals surface area contributed by atoms with E-state index in [4.69, 9.17) is 0 Å². The summed E-state index contributed by atoms with van der Waals surface area (Å²) in [5, 5.41) is 3.47. The lowest BCUT2D eigenvalue weighted by atomic mass is 10.0. The summed E-state index contributed by atoms with van der Waals surface area (Å²) >= 11 is 0. The van der Waals surface area contributed by atoms with Crippen LogP contribution in [0.5, 0.6) is 0 Å². The van der Waals surface area contributed by atoms with E-state index in [1.54, 1.807) is 0 Å². The molecule has 0 aromatic rings. The second-order valence-electron chi connectivity index (χ2n) is 3.92. The van der Waals surface area contributed by atoms with Gasteiger partial charge in [-0.1, -0.05) is 6.92 Å². The molecule has 2 rings (SSSR count). The zero-order valence-corrected chi connectivity index (χ0v) is 6.82. The molecule has 0 atom stereocenters. The molecule has 0 aromatic heterocycles. The summed E-state index contributed by atoms with van der Waals surface area (Å²) in [7, 11) is 0. The Balaban J connectivity index is 1.78. The van der Waals surface area contributed by atoms with Crippen LogP contribution < -0.4 is 5.32 Å². The van der Waals surface area contributed by atoms with Crippen molar-refractivity contribution in [2.45, 2.75) is 32.6 Å². The van der Waals surface area contributed by atoms with Crippen LogP contribution in [0.1, 0.15) is 32.6 Å². The lowest BCUT2D eigenvalue weighted by Crippen LogP contribution is -2.24. The molecule has 1 heteroatoms. The topological polar surface area (TPSA) is 12.0 Å². The first-order valence-electron chi connectivity index (χ1n) is 4.58. The van der Waals surface area contributed by atoms with Crippen LogP contribution in [0.25, 0.3) is 0 Å². The van der Waals surface area contributed by atoms with Crippen molar-refractivity contribution in [3.05, 3.63) is 0 Å². The molecule has 2 fully saturated rings. The molecule has 58 valence electrons. The first kappa shape index (κ1) is 6.66. The molecule has 0 aliphatic heterocycles. The molecule has 0 radical (unpaired) electrons. The van der Waals surface area contributed by atoms with Crippen molar-refractivity contribution in [3.8, 4) is 0 Å². The van der Waals surface area contributed by atoms with Crippen LogP contribution in [0.4, 0.5) is 0 Å². The Morgan fingerprint density at radius 2 is 2.10 bits per heavy atom. The maximum atomic E-state index is 3.47. The number of nitrogens with one attached hydrogen (secondary N) is 1. The summed E-state index contributed by atoms with van der Waals surface area (Å²) in [6.45, 7) is 4.64. The summed E-state index contributed by atoms with van der Waals surface area (Å²) in [4.78, 5) is 0. The van der Waals surface area contributed by atoms with Crippen molar-refractivity contribution in [2.75, 3.05) is 13.1 Å². The highest BCUT2D eigenvalue weighted by atomic mass is 14.9. The van der Waals surface area contributed by atoms with Crippen molar-refractivity contribution in [1.82, 2.24) is 5.32 Å².